The van der Waals surface area contributed by atoms with Crippen molar-refractivity contribution < 1.29 is 39.5 Å². The molecule has 2 aromatic carbocycles. The molecule has 0 spiro atoms. The van der Waals surface area contributed by atoms with Crippen LogP contribution >= 0.6 is 0 Å². The molecule has 1 amide bonds. The Labute approximate surface area is 215 Å². The predicted octanol–water partition coefficient (Wildman–Crippen LogP) is 0.763. The number of morpholine rings is 1. The minimum Gasteiger partial charge on any atom is -0.479 e. The molecule has 0 aliphatic carbocycles. The molecule has 1 aliphatic heterocycles. The number of hydrogen-bond acceptors (Lipinski definition) is 8. The van der Waals surface area contributed by atoms with E-state index in [-0.39, 0.29) is 18.5 Å². The van der Waals surface area contributed by atoms with Gasteiger partial charge >= 0.3 is 11.9 Å². The number of aliphatic hydroxyl groups is 2. The first kappa shape index (κ1) is 29.7. The highest BCUT2D eigenvalue weighted by Crippen LogP contribution is 2.25. The molecule has 0 aromatic heterocycles. The summed E-state index contributed by atoms with van der Waals surface area (Å²) < 4.78 is 5.42. The van der Waals surface area contributed by atoms with E-state index in [1.165, 1.54) is 11.3 Å². The second kappa shape index (κ2) is 14.3. The largest absolute Gasteiger partial charge is 0.479 e. The average Bonchev–Trinajstić information content (AvgIpc) is 2.91. The maximum Gasteiger partial charge on any atom is 0.335 e. The number of ether oxygens (including phenoxy) is 1. The number of rotatable bonds is 9. The second-order valence-corrected chi connectivity index (χ2v) is 8.73. The Hall–Kier alpha value is -3.51. The Morgan fingerprint density at radius 3 is 2.00 bits per heavy atom. The fourth-order valence-corrected chi connectivity index (χ4v) is 3.68. The number of amides is 1. The lowest BCUT2D eigenvalue weighted by molar-refractivity contribution is -0.165. The Bertz CT molecular complexity index is 1020. The van der Waals surface area contributed by atoms with Gasteiger partial charge in [-0.25, -0.2) is 9.59 Å². The van der Waals surface area contributed by atoms with Crippen LogP contribution in [0.25, 0.3) is 11.1 Å². The Balaban J connectivity index is 0.000000410. The lowest BCUT2D eigenvalue weighted by Gasteiger charge is -2.29. The zero-order chi connectivity index (χ0) is 27.5. The zero-order valence-electron chi connectivity index (χ0n) is 21.0. The average molecular weight is 518 g/mol. The van der Waals surface area contributed by atoms with Gasteiger partial charge in [0.1, 0.15) is 0 Å². The summed E-state index contributed by atoms with van der Waals surface area (Å²) in [7, 11) is 0. The van der Waals surface area contributed by atoms with Gasteiger partial charge in [0.15, 0.2) is 12.2 Å². The number of anilines is 1. The second-order valence-electron chi connectivity index (χ2n) is 8.73. The van der Waals surface area contributed by atoms with Crippen LogP contribution in [0, 0.1) is 0 Å². The topological polar surface area (TPSA) is 174 Å². The van der Waals surface area contributed by atoms with Crippen molar-refractivity contribution in [1.29, 1.82) is 0 Å². The number of nitrogens with two attached hydrogens (primary N) is 1. The lowest BCUT2D eigenvalue weighted by Crippen LogP contribution is -2.40. The van der Waals surface area contributed by atoms with Gasteiger partial charge in [-0.2, -0.15) is 0 Å². The fraction of sp³-hybridized carbons (Fsp3) is 0.423. The first-order chi connectivity index (χ1) is 17.5. The highest BCUT2D eigenvalue weighted by Gasteiger charge is 2.29. The molecule has 1 aliphatic rings. The number of aliphatic hydroxyl groups excluding tert-OH is 2. The maximum atomic E-state index is 12.1. The summed E-state index contributed by atoms with van der Waals surface area (Å²) in [6.45, 7) is 8.11. The van der Waals surface area contributed by atoms with Gasteiger partial charge in [0.05, 0.1) is 19.8 Å². The van der Waals surface area contributed by atoms with E-state index in [1.54, 1.807) is 0 Å². The standard InChI is InChI=1S/C22H29N3O2.C4H6O6/c1-17(2)25(22(26)15-23)16-18-4-3-5-20(14-18)19-6-8-21(9-7-19)24-10-12-27-13-11-24;5-1(3(7)8)2(6)4(9)10/h3-9,14,17H,10-13,15-16,23H2,1-2H3;1-2,5-6H,(H,7,8)(H,9,10)/t;1-,2-/m.1/s1. The zero-order valence-corrected chi connectivity index (χ0v) is 21.0. The molecule has 0 saturated carbocycles. The van der Waals surface area contributed by atoms with Gasteiger partial charge in [0, 0.05) is 31.4 Å². The molecule has 1 fully saturated rings. The Kier molecular flexibility index (Phi) is 11.5. The van der Waals surface area contributed by atoms with Gasteiger partial charge in [-0.3, -0.25) is 4.79 Å². The van der Waals surface area contributed by atoms with Crippen LogP contribution in [0.5, 0.6) is 0 Å². The molecule has 0 unspecified atom stereocenters. The van der Waals surface area contributed by atoms with Crippen LogP contribution in [0.2, 0.25) is 0 Å². The van der Waals surface area contributed by atoms with Crippen LogP contribution in [0.3, 0.4) is 0 Å². The number of carboxylic acids is 2. The highest BCUT2D eigenvalue weighted by molar-refractivity contribution is 5.83. The van der Waals surface area contributed by atoms with E-state index < -0.39 is 24.1 Å². The number of nitrogens with zero attached hydrogens (tertiary/aromatic N) is 2. The first-order valence-corrected chi connectivity index (χ1v) is 11.9. The summed E-state index contributed by atoms with van der Waals surface area (Å²) in [6.07, 6.45) is -4.53. The third-order valence-electron chi connectivity index (χ3n) is 5.78. The summed E-state index contributed by atoms with van der Waals surface area (Å²) in [4.78, 5) is 35.8. The number of carboxylic acid groups (broad SMARTS) is 2. The van der Waals surface area contributed by atoms with Crippen molar-refractivity contribution in [3.63, 3.8) is 0 Å². The molecule has 0 radical (unpaired) electrons. The normalized spacial score (nSPS) is 14.8. The summed E-state index contributed by atoms with van der Waals surface area (Å²) >= 11 is 0. The van der Waals surface area contributed by atoms with E-state index in [0.29, 0.717) is 6.54 Å². The minimum absolute atomic E-state index is 0.0229. The Morgan fingerprint density at radius 1 is 0.946 bits per heavy atom. The summed E-state index contributed by atoms with van der Waals surface area (Å²) in [5.74, 6) is -3.56. The van der Waals surface area contributed by atoms with E-state index in [1.807, 2.05) is 24.8 Å². The third-order valence-corrected chi connectivity index (χ3v) is 5.78. The monoisotopic (exact) mass is 517 g/mol. The number of hydrogen-bond donors (Lipinski definition) is 5. The van der Waals surface area contributed by atoms with E-state index in [9.17, 15) is 14.4 Å². The molecule has 1 saturated heterocycles. The van der Waals surface area contributed by atoms with Gasteiger partial charge in [-0.15, -0.1) is 0 Å². The number of carbonyl (C=O) groups is 3. The van der Waals surface area contributed by atoms with Crippen molar-refractivity contribution in [1.82, 2.24) is 4.90 Å². The minimum atomic E-state index is -2.27. The molecule has 2 atom stereocenters. The van der Waals surface area contributed by atoms with Crippen LogP contribution in [0.15, 0.2) is 48.5 Å². The molecule has 11 nitrogen and oxygen atoms in total. The quantitative estimate of drug-likeness (QED) is 0.319. The molecule has 202 valence electrons. The lowest BCUT2D eigenvalue weighted by atomic mass is 10.0. The van der Waals surface area contributed by atoms with E-state index in [2.05, 4.69) is 47.4 Å². The summed E-state index contributed by atoms with van der Waals surface area (Å²) in [5, 5.41) is 32.5. The number of benzene rings is 2. The molecular formula is C26H35N3O8. The molecule has 0 bridgehead atoms. The van der Waals surface area contributed by atoms with Crippen LogP contribution in [-0.4, -0.2) is 94.3 Å². The van der Waals surface area contributed by atoms with Gasteiger partial charge in [-0.05, 0) is 48.7 Å². The maximum absolute atomic E-state index is 12.1. The van der Waals surface area contributed by atoms with Crippen molar-refractivity contribution in [2.45, 2.75) is 38.6 Å². The van der Waals surface area contributed by atoms with Crippen molar-refractivity contribution in [3.05, 3.63) is 54.1 Å². The third kappa shape index (κ3) is 8.83. The number of carbonyl (C=O) groups excluding carboxylic acids is 1. The molecule has 37 heavy (non-hydrogen) atoms. The fourth-order valence-electron chi connectivity index (χ4n) is 3.68. The Morgan fingerprint density at radius 2 is 1.51 bits per heavy atom. The van der Waals surface area contributed by atoms with Gasteiger partial charge in [-0.1, -0.05) is 30.3 Å². The molecule has 6 N–H and O–H groups in total. The molecular weight excluding hydrogens is 482 g/mol. The van der Waals surface area contributed by atoms with Crippen LogP contribution < -0.4 is 10.6 Å². The van der Waals surface area contributed by atoms with Crippen LogP contribution in [-0.2, 0) is 25.7 Å². The first-order valence-electron chi connectivity index (χ1n) is 11.9. The van der Waals surface area contributed by atoms with E-state index >= 15 is 0 Å². The van der Waals surface area contributed by atoms with Crippen molar-refractivity contribution in [2.75, 3.05) is 37.7 Å². The summed E-state index contributed by atoms with van der Waals surface area (Å²) in [6, 6.07) is 17.2. The summed E-state index contributed by atoms with van der Waals surface area (Å²) in [5.41, 5.74) is 10.2. The van der Waals surface area contributed by atoms with Gasteiger partial charge in [0.2, 0.25) is 5.91 Å². The molecule has 2 aromatic rings. The van der Waals surface area contributed by atoms with Crippen molar-refractivity contribution in [2.24, 2.45) is 5.73 Å². The molecule has 3 rings (SSSR count). The van der Waals surface area contributed by atoms with Crippen molar-refractivity contribution >= 4 is 23.5 Å². The van der Waals surface area contributed by atoms with Crippen LogP contribution in [0.4, 0.5) is 5.69 Å². The van der Waals surface area contributed by atoms with Gasteiger partial charge in [0.25, 0.3) is 0 Å². The molecule has 1 heterocycles. The predicted molar refractivity (Wildman–Crippen MR) is 137 cm³/mol. The van der Waals surface area contributed by atoms with Crippen molar-refractivity contribution in [3.8, 4) is 11.1 Å². The highest BCUT2D eigenvalue weighted by atomic mass is 16.5. The number of aliphatic carboxylic acids is 2. The van der Waals surface area contributed by atoms with Crippen LogP contribution in [0.1, 0.15) is 19.4 Å². The van der Waals surface area contributed by atoms with Gasteiger partial charge < -0.3 is 40.7 Å². The SMILES string of the molecule is CC(C)N(Cc1cccc(-c2ccc(N3CCOCC3)cc2)c1)C(=O)CN.O=C(O)[C@H](O)[C@@H](O)C(=O)O. The smallest absolute Gasteiger partial charge is 0.335 e. The molecule has 11 heteroatoms. The van der Waals surface area contributed by atoms with E-state index in [0.717, 1.165) is 37.4 Å². The van der Waals surface area contributed by atoms with E-state index in [4.69, 9.17) is 30.9 Å².